The molecule has 4 N–H and O–H groups in total. The average Bonchev–Trinajstić information content (AvgIpc) is 1.95. The van der Waals surface area contributed by atoms with Crippen LogP contribution in [0.4, 0.5) is 0 Å². The molecule has 58 valence electrons. The van der Waals surface area contributed by atoms with Gasteiger partial charge in [0.05, 0.1) is 18.9 Å². The van der Waals surface area contributed by atoms with E-state index in [0.29, 0.717) is 0 Å². The van der Waals surface area contributed by atoms with Crippen LogP contribution in [0, 0.1) is 0 Å². The molecule has 0 aromatic carbocycles. The molecule has 1 heterocycles. The van der Waals surface area contributed by atoms with Crippen molar-refractivity contribution in [1.29, 1.82) is 0 Å². The summed E-state index contributed by atoms with van der Waals surface area (Å²) in [7, 11) is 0. The maximum Gasteiger partial charge on any atom is 0.148 e. The summed E-state index contributed by atoms with van der Waals surface area (Å²) in [6.07, 6.45) is 1.59. The zero-order chi connectivity index (χ0) is 7.56. The maximum atomic E-state index is 9.18. The minimum absolute atomic E-state index is 0.209. The maximum absolute atomic E-state index is 9.18. The first-order valence-electron chi connectivity index (χ1n) is 3.12. The van der Waals surface area contributed by atoms with Crippen LogP contribution in [0.5, 0.6) is 0 Å². The SMILES string of the molecule is NC1C=COC(CO)C1O. The molecule has 0 aliphatic carbocycles. The predicted octanol–water partition coefficient (Wildman–Crippen LogP) is -1.42. The van der Waals surface area contributed by atoms with Crippen LogP contribution in [0.1, 0.15) is 0 Å². The van der Waals surface area contributed by atoms with Gasteiger partial charge in [-0.25, -0.2) is 0 Å². The smallest absolute Gasteiger partial charge is 0.148 e. The highest BCUT2D eigenvalue weighted by molar-refractivity contribution is 4.99. The van der Waals surface area contributed by atoms with Crippen LogP contribution in [0.15, 0.2) is 12.3 Å². The molecule has 0 spiro atoms. The van der Waals surface area contributed by atoms with Crippen molar-refractivity contribution in [1.82, 2.24) is 0 Å². The Morgan fingerprint density at radius 3 is 2.80 bits per heavy atom. The lowest BCUT2D eigenvalue weighted by molar-refractivity contribution is -0.0387. The first-order chi connectivity index (χ1) is 4.75. The normalized spacial score (nSPS) is 39.3. The molecule has 10 heavy (non-hydrogen) atoms. The summed E-state index contributed by atoms with van der Waals surface area (Å²) in [5.41, 5.74) is 5.42. The molecule has 4 heteroatoms. The monoisotopic (exact) mass is 145 g/mol. The van der Waals surface area contributed by atoms with Gasteiger partial charge in [0.2, 0.25) is 0 Å². The van der Waals surface area contributed by atoms with E-state index in [1.54, 1.807) is 6.08 Å². The Morgan fingerprint density at radius 1 is 1.60 bits per heavy atom. The number of hydrogen-bond donors (Lipinski definition) is 3. The van der Waals surface area contributed by atoms with Crippen LogP contribution in [0.3, 0.4) is 0 Å². The van der Waals surface area contributed by atoms with Gasteiger partial charge in [0.15, 0.2) is 0 Å². The van der Waals surface area contributed by atoms with Crippen LogP contribution in [-0.4, -0.2) is 35.1 Å². The number of ether oxygens (including phenoxy) is 1. The van der Waals surface area contributed by atoms with Crippen LogP contribution in [0.25, 0.3) is 0 Å². The number of nitrogens with two attached hydrogens (primary N) is 1. The molecule has 4 nitrogen and oxygen atoms in total. The summed E-state index contributed by atoms with van der Waals surface area (Å²) in [5.74, 6) is 0. The van der Waals surface area contributed by atoms with E-state index in [1.807, 2.05) is 0 Å². The van der Waals surface area contributed by atoms with Gasteiger partial charge in [-0.3, -0.25) is 0 Å². The minimum Gasteiger partial charge on any atom is -0.493 e. The molecule has 0 aromatic rings. The van der Waals surface area contributed by atoms with E-state index in [1.165, 1.54) is 6.26 Å². The minimum atomic E-state index is -0.796. The third-order valence-electron chi connectivity index (χ3n) is 1.51. The van der Waals surface area contributed by atoms with Crippen molar-refractivity contribution in [3.8, 4) is 0 Å². The summed E-state index contributed by atoms with van der Waals surface area (Å²) in [6, 6.07) is -0.425. The Morgan fingerprint density at radius 2 is 2.30 bits per heavy atom. The molecule has 0 amide bonds. The second-order valence-corrected chi connectivity index (χ2v) is 2.25. The van der Waals surface area contributed by atoms with E-state index in [9.17, 15) is 5.11 Å². The number of aliphatic hydroxyl groups is 2. The van der Waals surface area contributed by atoms with E-state index < -0.39 is 18.2 Å². The molecule has 0 radical (unpaired) electrons. The predicted molar refractivity (Wildman–Crippen MR) is 35.1 cm³/mol. The van der Waals surface area contributed by atoms with Crippen molar-refractivity contribution < 1.29 is 14.9 Å². The van der Waals surface area contributed by atoms with E-state index in [4.69, 9.17) is 15.6 Å². The third kappa shape index (κ3) is 1.29. The largest absolute Gasteiger partial charge is 0.493 e. The second-order valence-electron chi connectivity index (χ2n) is 2.25. The number of aliphatic hydroxyl groups excluding tert-OH is 2. The topological polar surface area (TPSA) is 75.7 Å². The van der Waals surface area contributed by atoms with Crippen molar-refractivity contribution in [3.05, 3.63) is 12.3 Å². The lowest BCUT2D eigenvalue weighted by atomic mass is 10.1. The summed E-state index contributed by atoms with van der Waals surface area (Å²) >= 11 is 0. The molecule has 0 saturated heterocycles. The van der Waals surface area contributed by atoms with Crippen molar-refractivity contribution in [2.75, 3.05) is 6.61 Å². The van der Waals surface area contributed by atoms with Crippen molar-refractivity contribution >= 4 is 0 Å². The Balaban J connectivity index is 2.56. The fourth-order valence-electron chi connectivity index (χ4n) is 0.830. The molecule has 0 saturated carbocycles. The summed E-state index contributed by atoms with van der Waals surface area (Å²) < 4.78 is 4.85. The Kier molecular flexibility index (Phi) is 2.26. The molecular formula is C6H11NO3. The molecule has 0 bridgehead atoms. The van der Waals surface area contributed by atoms with Gasteiger partial charge in [-0.15, -0.1) is 0 Å². The van der Waals surface area contributed by atoms with Crippen LogP contribution < -0.4 is 5.73 Å². The Labute approximate surface area is 58.9 Å². The highest BCUT2D eigenvalue weighted by Gasteiger charge is 2.26. The van der Waals surface area contributed by atoms with E-state index >= 15 is 0 Å². The Bertz CT molecular complexity index is 137. The van der Waals surface area contributed by atoms with Crippen LogP contribution in [0.2, 0.25) is 0 Å². The van der Waals surface area contributed by atoms with E-state index in [0.717, 1.165) is 0 Å². The standard InChI is InChI=1S/C6H11NO3/c7-4-1-2-10-5(3-8)6(4)9/h1-2,4-6,8-9H,3,7H2. The van der Waals surface area contributed by atoms with Gasteiger partial charge in [0.25, 0.3) is 0 Å². The van der Waals surface area contributed by atoms with Crippen LogP contribution in [-0.2, 0) is 4.74 Å². The first kappa shape index (κ1) is 7.53. The highest BCUT2D eigenvalue weighted by Crippen LogP contribution is 2.09. The van der Waals surface area contributed by atoms with Gasteiger partial charge in [0.1, 0.15) is 12.2 Å². The van der Waals surface area contributed by atoms with Gasteiger partial charge < -0.3 is 20.7 Å². The summed E-state index contributed by atoms with van der Waals surface area (Å²) in [5, 5.41) is 17.8. The molecule has 0 fully saturated rings. The summed E-state index contributed by atoms with van der Waals surface area (Å²) in [6.45, 7) is -0.209. The fraction of sp³-hybridized carbons (Fsp3) is 0.667. The zero-order valence-corrected chi connectivity index (χ0v) is 5.47. The van der Waals surface area contributed by atoms with Crippen molar-refractivity contribution in [2.45, 2.75) is 18.2 Å². The average molecular weight is 145 g/mol. The van der Waals surface area contributed by atoms with E-state index in [2.05, 4.69) is 0 Å². The molecule has 1 aliphatic rings. The fourth-order valence-corrected chi connectivity index (χ4v) is 0.830. The van der Waals surface area contributed by atoms with E-state index in [-0.39, 0.29) is 6.61 Å². The molecule has 3 unspecified atom stereocenters. The third-order valence-corrected chi connectivity index (χ3v) is 1.51. The van der Waals surface area contributed by atoms with Gasteiger partial charge in [0, 0.05) is 0 Å². The number of rotatable bonds is 1. The van der Waals surface area contributed by atoms with Gasteiger partial charge in [-0.05, 0) is 6.08 Å². The first-order valence-corrected chi connectivity index (χ1v) is 3.12. The second kappa shape index (κ2) is 3.01. The highest BCUT2D eigenvalue weighted by atomic mass is 16.5. The van der Waals surface area contributed by atoms with Gasteiger partial charge in [-0.1, -0.05) is 0 Å². The molecule has 0 aromatic heterocycles. The Hall–Kier alpha value is -0.580. The van der Waals surface area contributed by atoms with Crippen LogP contribution >= 0.6 is 0 Å². The lowest BCUT2D eigenvalue weighted by Gasteiger charge is -2.27. The molecule has 1 rings (SSSR count). The van der Waals surface area contributed by atoms with Crippen molar-refractivity contribution in [2.24, 2.45) is 5.73 Å². The van der Waals surface area contributed by atoms with Crippen molar-refractivity contribution in [3.63, 3.8) is 0 Å². The number of hydrogen-bond acceptors (Lipinski definition) is 4. The lowest BCUT2D eigenvalue weighted by Crippen LogP contribution is -2.46. The van der Waals surface area contributed by atoms with Gasteiger partial charge in [-0.2, -0.15) is 0 Å². The van der Waals surface area contributed by atoms with Gasteiger partial charge >= 0.3 is 0 Å². The molecular weight excluding hydrogens is 134 g/mol. The zero-order valence-electron chi connectivity index (χ0n) is 5.47. The molecule has 1 aliphatic heterocycles. The quantitative estimate of drug-likeness (QED) is 0.423. The summed E-state index contributed by atoms with van der Waals surface area (Å²) in [4.78, 5) is 0. The molecule has 3 atom stereocenters.